The van der Waals surface area contributed by atoms with Gasteiger partial charge in [-0.2, -0.15) is 0 Å². The maximum absolute atomic E-state index is 13.1. The Bertz CT molecular complexity index is 803. The first kappa shape index (κ1) is 19.8. The Balaban J connectivity index is 1.66. The molecule has 1 heterocycles. The summed E-state index contributed by atoms with van der Waals surface area (Å²) >= 11 is 0. The van der Waals surface area contributed by atoms with E-state index in [1.165, 1.54) is 19.2 Å². The van der Waals surface area contributed by atoms with Gasteiger partial charge in [0.05, 0.1) is 13.7 Å². The van der Waals surface area contributed by atoms with E-state index in [2.05, 4.69) is 15.1 Å². The van der Waals surface area contributed by atoms with Gasteiger partial charge in [-0.15, -0.1) is 0 Å². The molecule has 0 amide bonds. The number of rotatable bonds is 5. The summed E-state index contributed by atoms with van der Waals surface area (Å²) in [6.45, 7) is 6.46. The molecule has 7 heteroatoms. The van der Waals surface area contributed by atoms with Gasteiger partial charge in [0, 0.05) is 44.0 Å². The quantitative estimate of drug-likeness (QED) is 0.611. The lowest BCUT2D eigenvalue weighted by atomic mass is 10.2. The number of phenols is 1. The van der Waals surface area contributed by atoms with Gasteiger partial charge >= 0.3 is 0 Å². The van der Waals surface area contributed by atoms with Crippen LogP contribution < -0.4 is 15.0 Å². The maximum Gasteiger partial charge on any atom is 0.194 e. The highest BCUT2D eigenvalue weighted by atomic mass is 19.1. The van der Waals surface area contributed by atoms with Gasteiger partial charge in [0.1, 0.15) is 5.82 Å². The molecule has 1 saturated heterocycles. The zero-order chi connectivity index (χ0) is 19.9. The van der Waals surface area contributed by atoms with Crippen LogP contribution in [0.2, 0.25) is 0 Å². The zero-order valence-corrected chi connectivity index (χ0v) is 16.4. The van der Waals surface area contributed by atoms with Crippen molar-refractivity contribution in [2.24, 2.45) is 4.99 Å². The molecule has 1 fully saturated rings. The number of ether oxygens (including phenoxy) is 1. The first-order chi connectivity index (χ1) is 13.6. The van der Waals surface area contributed by atoms with Gasteiger partial charge in [-0.05, 0) is 37.3 Å². The van der Waals surface area contributed by atoms with Crippen LogP contribution in [0.1, 0.15) is 12.5 Å². The number of aliphatic imine (C=N–C) groups is 1. The predicted molar refractivity (Wildman–Crippen MR) is 110 cm³/mol. The number of anilines is 1. The van der Waals surface area contributed by atoms with E-state index in [1.54, 1.807) is 6.07 Å². The van der Waals surface area contributed by atoms with E-state index in [4.69, 9.17) is 9.73 Å². The first-order valence-electron chi connectivity index (χ1n) is 9.51. The molecule has 2 aromatic carbocycles. The Kier molecular flexibility index (Phi) is 6.57. The van der Waals surface area contributed by atoms with Crippen molar-refractivity contribution < 1.29 is 14.2 Å². The molecule has 0 saturated carbocycles. The van der Waals surface area contributed by atoms with E-state index in [0.717, 1.165) is 49.9 Å². The second-order valence-electron chi connectivity index (χ2n) is 6.59. The summed E-state index contributed by atoms with van der Waals surface area (Å²) in [6, 6.07) is 12.0. The largest absolute Gasteiger partial charge is 0.504 e. The molecular weight excluding hydrogens is 359 g/mol. The molecule has 0 aromatic heterocycles. The Labute approximate surface area is 165 Å². The number of piperazine rings is 1. The Morgan fingerprint density at radius 1 is 1.14 bits per heavy atom. The Morgan fingerprint density at radius 2 is 1.86 bits per heavy atom. The van der Waals surface area contributed by atoms with Gasteiger partial charge in [-0.25, -0.2) is 9.38 Å². The number of hydrogen-bond acceptors (Lipinski definition) is 4. The SMILES string of the molecule is CCNC(=NCc1cccc(OC)c1O)N1CCN(c2ccc(F)cc2)CC1. The highest BCUT2D eigenvalue weighted by Gasteiger charge is 2.20. The van der Waals surface area contributed by atoms with Gasteiger partial charge in [-0.1, -0.05) is 12.1 Å². The van der Waals surface area contributed by atoms with Crippen molar-refractivity contribution in [1.82, 2.24) is 10.2 Å². The van der Waals surface area contributed by atoms with Crippen molar-refractivity contribution in [3.63, 3.8) is 0 Å². The topological polar surface area (TPSA) is 60.3 Å². The van der Waals surface area contributed by atoms with Crippen molar-refractivity contribution >= 4 is 11.6 Å². The smallest absolute Gasteiger partial charge is 0.194 e. The van der Waals surface area contributed by atoms with E-state index in [0.29, 0.717) is 12.3 Å². The molecular formula is C21H27FN4O2. The van der Waals surface area contributed by atoms with E-state index < -0.39 is 0 Å². The second-order valence-corrected chi connectivity index (χ2v) is 6.59. The van der Waals surface area contributed by atoms with Gasteiger partial charge in [0.2, 0.25) is 0 Å². The molecule has 3 rings (SSSR count). The lowest BCUT2D eigenvalue weighted by Crippen LogP contribution is -2.52. The lowest BCUT2D eigenvalue weighted by molar-refractivity contribution is 0.368. The fourth-order valence-electron chi connectivity index (χ4n) is 3.27. The molecule has 0 atom stereocenters. The van der Waals surface area contributed by atoms with Gasteiger partial charge in [0.15, 0.2) is 17.5 Å². The summed E-state index contributed by atoms with van der Waals surface area (Å²) in [6.07, 6.45) is 0. The average molecular weight is 386 g/mol. The fourth-order valence-corrected chi connectivity index (χ4v) is 3.27. The average Bonchev–Trinajstić information content (AvgIpc) is 2.73. The standard InChI is InChI=1S/C21H27FN4O2/c1-3-23-21(24-15-16-5-4-6-19(28-2)20(16)27)26-13-11-25(12-14-26)18-9-7-17(22)8-10-18/h4-10,27H,3,11-15H2,1-2H3,(H,23,24). The van der Waals surface area contributed by atoms with Gasteiger partial charge < -0.3 is 25.0 Å². The zero-order valence-electron chi connectivity index (χ0n) is 16.4. The Hall–Kier alpha value is -2.96. The Morgan fingerprint density at radius 3 is 2.50 bits per heavy atom. The van der Waals surface area contributed by atoms with E-state index in [9.17, 15) is 9.50 Å². The van der Waals surface area contributed by atoms with Crippen LogP contribution in [0.4, 0.5) is 10.1 Å². The molecule has 2 aromatic rings. The molecule has 0 bridgehead atoms. The van der Waals surface area contributed by atoms with Gasteiger partial charge in [-0.3, -0.25) is 0 Å². The summed E-state index contributed by atoms with van der Waals surface area (Å²) < 4.78 is 18.3. The molecule has 0 unspecified atom stereocenters. The maximum atomic E-state index is 13.1. The highest BCUT2D eigenvalue weighted by Crippen LogP contribution is 2.29. The summed E-state index contributed by atoms with van der Waals surface area (Å²) in [5, 5.41) is 13.6. The van der Waals surface area contributed by atoms with Crippen LogP contribution in [0.3, 0.4) is 0 Å². The van der Waals surface area contributed by atoms with Crippen LogP contribution in [0.25, 0.3) is 0 Å². The van der Waals surface area contributed by atoms with Crippen LogP contribution in [0, 0.1) is 5.82 Å². The number of phenolic OH excluding ortho intramolecular Hbond substituents is 1. The molecule has 150 valence electrons. The minimum atomic E-state index is -0.218. The number of nitrogens with one attached hydrogen (secondary N) is 1. The number of guanidine groups is 1. The molecule has 0 aliphatic carbocycles. The van der Waals surface area contributed by atoms with E-state index in [1.807, 2.05) is 31.2 Å². The van der Waals surface area contributed by atoms with Crippen LogP contribution in [0.15, 0.2) is 47.5 Å². The van der Waals surface area contributed by atoms with Crippen molar-refractivity contribution in [1.29, 1.82) is 0 Å². The predicted octanol–water partition coefficient (Wildman–Crippen LogP) is 2.83. The van der Waals surface area contributed by atoms with E-state index in [-0.39, 0.29) is 11.6 Å². The molecule has 1 aliphatic heterocycles. The number of aromatic hydroxyl groups is 1. The number of hydrogen-bond donors (Lipinski definition) is 2. The van der Waals surface area contributed by atoms with E-state index >= 15 is 0 Å². The second kappa shape index (κ2) is 9.30. The van der Waals surface area contributed by atoms with Crippen LogP contribution in [-0.4, -0.2) is 55.8 Å². The molecule has 0 spiro atoms. The number of para-hydroxylation sites is 1. The molecule has 0 radical (unpaired) electrons. The normalized spacial score (nSPS) is 14.9. The van der Waals surface area contributed by atoms with Crippen LogP contribution in [-0.2, 0) is 6.54 Å². The third-order valence-electron chi connectivity index (χ3n) is 4.81. The minimum absolute atomic E-state index is 0.130. The van der Waals surface area contributed by atoms with Gasteiger partial charge in [0.25, 0.3) is 0 Å². The fraction of sp³-hybridized carbons (Fsp3) is 0.381. The minimum Gasteiger partial charge on any atom is -0.504 e. The first-order valence-corrected chi connectivity index (χ1v) is 9.51. The van der Waals surface area contributed by atoms with Crippen molar-refractivity contribution in [2.45, 2.75) is 13.5 Å². The molecule has 28 heavy (non-hydrogen) atoms. The number of halogens is 1. The number of methoxy groups -OCH3 is 1. The monoisotopic (exact) mass is 386 g/mol. The van der Waals surface area contributed by atoms with Crippen molar-refractivity contribution in [2.75, 3.05) is 44.7 Å². The molecule has 6 nitrogen and oxygen atoms in total. The summed E-state index contributed by atoms with van der Waals surface area (Å²) in [7, 11) is 1.53. The third kappa shape index (κ3) is 4.65. The summed E-state index contributed by atoms with van der Waals surface area (Å²) in [4.78, 5) is 9.15. The molecule has 1 aliphatic rings. The lowest BCUT2D eigenvalue weighted by Gasteiger charge is -2.37. The highest BCUT2D eigenvalue weighted by molar-refractivity contribution is 5.80. The van der Waals surface area contributed by atoms with Crippen molar-refractivity contribution in [3.05, 3.63) is 53.8 Å². The summed E-state index contributed by atoms with van der Waals surface area (Å²) in [5.41, 5.74) is 1.75. The number of nitrogens with zero attached hydrogens (tertiary/aromatic N) is 3. The van der Waals surface area contributed by atoms with Crippen LogP contribution >= 0.6 is 0 Å². The molecule has 2 N–H and O–H groups in total. The third-order valence-corrected chi connectivity index (χ3v) is 4.81. The van der Waals surface area contributed by atoms with Crippen LogP contribution in [0.5, 0.6) is 11.5 Å². The number of benzene rings is 2. The summed E-state index contributed by atoms with van der Waals surface area (Å²) in [5.74, 6) is 1.18. The van der Waals surface area contributed by atoms with Crippen molar-refractivity contribution in [3.8, 4) is 11.5 Å².